The van der Waals surface area contributed by atoms with E-state index in [1.54, 1.807) is 6.20 Å². The predicted molar refractivity (Wildman–Crippen MR) is 78.8 cm³/mol. The zero-order chi connectivity index (χ0) is 14.5. The van der Waals surface area contributed by atoms with Crippen LogP contribution < -0.4 is 11.5 Å². The molecule has 1 amide bonds. The first kappa shape index (κ1) is 14.9. The van der Waals surface area contributed by atoms with E-state index in [2.05, 4.69) is 9.88 Å². The number of rotatable bonds is 6. The summed E-state index contributed by atoms with van der Waals surface area (Å²) in [7, 11) is 0. The third-order valence-electron chi connectivity index (χ3n) is 3.98. The number of hydrogen-bond donors (Lipinski definition) is 2. The van der Waals surface area contributed by atoms with Gasteiger partial charge in [0.05, 0.1) is 18.3 Å². The molecule has 110 valence electrons. The van der Waals surface area contributed by atoms with E-state index in [-0.39, 0.29) is 24.5 Å². The summed E-state index contributed by atoms with van der Waals surface area (Å²) in [5, 5.41) is 0. The van der Waals surface area contributed by atoms with Crippen molar-refractivity contribution in [2.45, 2.75) is 50.7 Å². The molecule has 1 fully saturated rings. The van der Waals surface area contributed by atoms with Crippen molar-refractivity contribution in [1.82, 2.24) is 9.88 Å². The molecule has 2 unspecified atom stereocenters. The van der Waals surface area contributed by atoms with Crippen LogP contribution in [-0.4, -0.2) is 34.4 Å². The van der Waals surface area contributed by atoms with E-state index in [4.69, 9.17) is 11.5 Å². The quantitative estimate of drug-likeness (QED) is 0.817. The van der Waals surface area contributed by atoms with Crippen molar-refractivity contribution in [2.24, 2.45) is 11.5 Å². The first-order valence-electron chi connectivity index (χ1n) is 7.30. The van der Waals surface area contributed by atoms with Gasteiger partial charge in [0.2, 0.25) is 5.91 Å². The second kappa shape index (κ2) is 6.81. The lowest BCUT2D eigenvalue weighted by molar-refractivity contribution is -0.120. The highest BCUT2D eigenvalue weighted by Gasteiger charge is 2.33. The van der Waals surface area contributed by atoms with Gasteiger partial charge in [-0.3, -0.25) is 14.7 Å². The van der Waals surface area contributed by atoms with Gasteiger partial charge in [-0.05, 0) is 31.9 Å². The van der Waals surface area contributed by atoms with Crippen molar-refractivity contribution in [3.05, 3.63) is 30.1 Å². The maximum absolute atomic E-state index is 11.4. The standard InChI is InChI=1S/C15H24N4O/c1-11(16)15(13-8-4-5-9-18-13)19(10-14(17)20)12-6-2-3-7-12/h4-5,8-9,11-12,15H,2-3,6-7,10,16H2,1H3,(H2,17,20). The van der Waals surface area contributed by atoms with Crippen molar-refractivity contribution in [3.8, 4) is 0 Å². The Morgan fingerprint density at radius 3 is 2.65 bits per heavy atom. The number of nitrogens with zero attached hydrogens (tertiary/aromatic N) is 2. The van der Waals surface area contributed by atoms with Crippen LogP contribution in [0.3, 0.4) is 0 Å². The molecule has 0 bridgehead atoms. The van der Waals surface area contributed by atoms with Crippen LogP contribution in [-0.2, 0) is 4.79 Å². The van der Waals surface area contributed by atoms with E-state index in [1.165, 1.54) is 12.8 Å². The van der Waals surface area contributed by atoms with Gasteiger partial charge >= 0.3 is 0 Å². The molecule has 1 aliphatic rings. The zero-order valence-electron chi connectivity index (χ0n) is 12.0. The topological polar surface area (TPSA) is 85.2 Å². The Morgan fingerprint density at radius 1 is 1.45 bits per heavy atom. The van der Waals surface area contributed by atoms with Crippen molar-refractivity contribution in [2.75, 3.05) is 6.54 Å². The van der Waals surface area contributed by atoms with Crippen molar-refractivity contribution in [1.29, 1.82) is 0 Å². The number of carbonyl (C=O) groups is 1. The molecular weight excluding hydrogens is 252 g/mol. The lowest BCUT2D eigenvalue weighted by Crippen LogP contribution is -2.48. The van der Waals surface area contributed by atoms with Gasteiger partial charge in [-0.25, -0.2) is 0 Å². The molecule has 2 rings (SSSR count). The average Bonchev–Trinajstić information content (AvgIpc) is 2.92. The summed E-state index contributed by atoms with van der Waals surface area (Å²) in [5.74, 6) is -0.307. The minimum Gasteiger partial charge on any atom is -0.369 e. The highest BCUT2D eigenvalue weighted by Crippen LogP contribution is 2.31. The largest absolute Gasteiger partial charge is 0.369 e. The maximum Gasteiger partial charge on any atom is 0.231 e. The van der Waals surface area contributed by atoms with Crippen LogP contribution in [0, 0.1) is 0 Å². The van der Waals surface area contributed by atoms with Crippen LogP contribution in [0.25, 0.3) is 0 Å². The van der Waals surface area contributed by atoms with E-state index in [9.17, 15) is 4.79 Å². The van der Waals surface area contributed by atoms with Crippen LogP contribution >= 0.6 is 0 Å². The Morgan fingerprint density at radius 2 is 2.15 bits per heavy atom. The smallest absolute Gasteiger partial charge is 0.231 e. The van der Waals surface area contributed by atoms with Crippen LogP contribution in [0.4, 0.5) is 0 Å². The molecule has 0 aliphatic heterocycles. The fourth-order valence-electron chi connectivity index (χ4n) is 3.16. The Bertz CT molecular complexity index is 429. The fourth-order valence-corrected chi connectivity index (χ4v) is 3.16. The number of carbonyl (C=O) groups excluding carboxylic acids is 1. The van der Waals surface area contributed by atoms with Gasteiger partial charge in [-0.2, -0.15) is 0 Å². The summed E-state index contributed by atoms with van der Waals surface area (Å²) in [4.78, 5) is 18.0. The first-order chi connectivity index (χ1) is 9.59. The van der Waals surface area contributed by atoms with Gasteiger partial charge in [0, 0.05) is 18.3 Å². The average molecular weight is 276 g/mol. The van der Waals surface area contributed by atoms with Crippen molar-refractivity contribution >= 4 is 5.91 Å². The lowest BCUT2D eigenvalue weighted by Gasteiger charge is -2.37. The molecule has 0 aromatic carbocycles. The normalized spacial score (nSPS) is 19.1. The molecule has 1 heterocycles. The van der Waals surface area contributed by atoms with Crippen LogP contribution in [0.1, 0.15) is 44.3 Å². The molecule has 1 aliphatic carbocycles. The maximum atomic E-state index is 11.4. The molecule has 1 aromatic heterocycles. The molecule has 0 radical (unpaired) electrons. The highest BCUT2D eigenvalue weighted by molar-refractivity contribution is 5.76. The van der Waals surface area contributed by atoms with Gasteiger partial charge in [0.25, 0.3) is 0 Å². The molecule has 1 aromatic rings. The molecule has 20 heavy (non-hydrogen) atoms. The third-order valence-corrected chi connectivity index (χ3v) is 3.98. The Balaban J connectivity index is 2.28. The van der Waals surface area contributed by atoms with Gasteiger partial charge in [0.15, 0.2) is 0 Å². The Hall–Kier alpha value is -1.46. The summed E-state index contributed by atoms with van der Waals surface area (Å²) in [6.07, 6.45) is 6.37. The number of pyridine rings is 1. The summed E-state index contributed by atoms with van der Waals surface area (Å²) < 4.78 is 0. The summed E-state index contributed by atoms with van der Waals surface area (Å²) >= 11 is 0. The van der Waals surface area contributed by atoms with Crippen LogP contribution in [0.15, 0.2) is 24.4 Å². The summed E-state index contributed by atoms with van der Waals surface area (Å²) in [5.41, 5.74) is 12.5. The Labute approximate surface area is 120 Å². The first-order valence-corrected chi connectivity index (χ1v) is 7.30. The molecule has 4 N–H and O–H groups in total. The number of amides is 1. The number of primary amides is 1. The molecule has 5 nitrogen and oxygen atoms in total. The predicted octanol–water partition coefficient (Wildman–Crippen LogP) is 1.20. The molecule has 2 atom stereocenters. The minimum absolute atomic E-state index is 0.0631. The van der Waals surface area contributed by atoms with Gasteiger partial charge < -0.3 is 11.5 Å². The number of hydrogen-bond acceptors (Lipinski definition) is 4. The molecule has 0 saturated heterocycles. The second-order valence-electron chi connectivity index (χ2n) is 5.64. The summed E-state index contributed by atoms with van der Waals surface area (Å²) in [6.45, 7) is 2.20. The van der Waals surface area contributed by atoms with Gasteiger partial charge in [0.1, 0.15) is 0 Å². The van der Waals surface area contributed by atoms with E-state index < -0.39 is 0 Å². The third kappa shape index (κ3) is 3.55. The number of aromatic nitrogens is 1. The molecule has 5 heteroatoms. The number of nitrogens with two attached hydrogens (primary N) is 2. The molecular formula is C15H24N4O. The van der Waals surface area contributed by atoms with Crippen LogP contribution in [0.5, 0.6) is 0 Å². The zero-order valence-corrected chi connectivity index (χ0v) is 12.0. The molecule has 1 saturated carbocycles. The fraction of sp³-hybridized carbons (Fsp3) is 0.600. The van der Waals surface area contributed by atoms with E-state index >= 15 is 0 Å². The van der Waals surface area contributed by atoms with E-state index in [0.717, 1.165) is 18.5 Å². The van der Waals surface area contributed by atoms with Gasteiger partial charge in [-0.15, -0.1) is 0 Å². The highest BCUT2D eigenvalue weighted by atomic mass is 16.1. The second-order valence-corrected chi connectivity index (χ2v) is 5.64. The van der Waals surface area contributed by atoms with Crippen molar-refractivity contribution in [3.63, 3.8) is 0 Å². The Kier molecular flexibility index (Phi) is 5.09. The van der Waals surface area contributed by atoms with Crippen molar-refractivity contribution < 1.29 is 4.79 Å². The van der Waals surface area contributed by atoms with Gasteiger partial charge in [-0.1, -0.05) is 18.9 Å². The van der Waals surface area contributed by atoms with E-state index in [0.29, 0.717) is 6.04 Å². The monoisotopic (exact) mass is 276 g/mol. The van der Waals surface area contributed by atoms with Crippen LogP contribution in [0.2, 0.25) is 0 Å². The van der Waals surface area contributed by atoms with E-state index in [1.807, 2.05) is 25.1 Å². The lowest BCUT2D eigenvalue weighted by atomic mass is 10.0. The minimum atomic E-state index is -0.307. The SMILES string of the molecule is CC(N)C(c1ccccn1)N(CC(N)=O)C1CCCC1. The molecule has 0 spiro atoms. The summed E-state index contributed by atoms with van der Waals surface area (Å²) in [6, 6.07) is 6.01.